The highest BCUT2D eigenvalue weighted by Crippen LogP contribution is 2.34. The van der Waals surface area contributed by atoms with Crippen LogP contribution in [-0.4, -0.2) is 26.9 Å². The normalized spacial score (nSPS) is 17.2. The van der Waals surface area contributed by atoms with Crippen LogP contribution in [0, 0.1) is 6.92 Å². The smallest absolute Gasteiger partial charge is 0.272 e. The van der Waals surface area contributed by atoms with Crippen LogP contribution in [0.2, 0.25) is 0 Å². The molecular formula is C20H21N3O2S. The van der Waals surface area contributed by atoms with Crippen LogP contribution in [0.3, 0.4) is 0 Å². The second-order valence-electron chi connectivity index (χ2n) is 6.66. The number of rotatable bonds is 3. The molecule has 1 aliphatic rings. The fourth-order valence-corrected chi connectivity index (χ4v) is 4.52. The molecule has 0 N–H and O–H groups in total. The number of likely N-dealkylation sites (tertiary alicyclic amines) is 1. The van der Waals surface area contributed by atoms with Crippen LogP contribution in [0.15, 0.2) is 39.8 Å². The summed E-state index contributed by atoms with van der Waals surface area (Å²) in [5, 5.41) is 4.19. The minimum Gasteiger partial charge on any atom is -0.332 e. The lowest BCUT2D eigenvalue weighted by molar-refractivity contribution is 0.0736. The van der Waals surface area contributed by atoms with E-state index in [1.54, 1.807) is 22.8 Å². The highest BCUT2D eigenvalue weighted by atomic mass is 32.1. The second-order valence-corrected chi connectivity index (χ2v) is 7.44. The Morgan fingerprint density at radius 3 is 2.92 bits per heavy atom. The van der Waals surface area contributed by atoms with E-state index in [-0.39, 0.29) is 17.5 Å². The molecule has 2 aromatic heterocycles. The van der Waals surface area contributed by atoms with Gasteiger partial charge < -0.3 is 9.47 Å². The Balaban J connectivity index is 1.73. The van der Waals surface area contributed by atoms with E-state index in [1.807, 2.05) is 30.0 Å². The number of hydrogen-bond acceptors (Lipinski definition) is 4. The van der Waals surface area contributed by atoms with Crippen LogP contribution in [0.4, 0.5) is 0 Å². The molecule has 0 radical (unpaired) electrons. The number of nitrogens with zero attached hydrogens (tertiary/aromatic N) is 3. The maximum Gasteiger partial charge on any atom is 0.272 e. The molecule has 0 aliphatic carbocycles. The number of aryl methyl sites for hydroxylation is 2. The van der Waals surface area contributed by atoms with Gasteiger partial charge in [-0.1, -0.05) is 0 Å². The lowest BCUT2D eigenvalue weighted by Crippen LogP contribution is -2.30. The monoisotopic (exact) mass is 367 g/mol. The van der Waals surface area contributed by atoms with Crippen molar-refractivity contribution in [1.29, 1.82) is 0 Å². The van der Waals surface area contributed by atoms with Crippen molar-refractivity contribution < 1.29 is 4.79 Å². The van der Waals surface area contributed by atoms with Gasteiger partial charge in [0.1, 0.15) is 5.69 Å². The molecule has 1 aliphatic heterocycles. The molecule has 5 nitrogen and oxygen atoms in total. The van der Waals surface area contributed by atoms with Crippen molar-refractivity contribution in [3.63, 3.8) is 0 Å². The first-order chi connectivity index (χ1) is 12.6. The first kappa shape index (κ1) is 17.0. The van der Waals surface area contributed by atoms with Gasteiger partial charge in [-0.25, -0.2) is 4.98 Å². The van der Waals surface area contributed by atoms with Gasteiger partial charge in [-0.05, 0) is 67.3 Å². The number of hydrogen-bond donors (Lipinski definition) is 0. The molecule has 1 aromatic carbocycles. The van der Waals surface area contributed by atoms with Gasteiger partial charge >= 0.3 is 0 Å². The maximum atomic E-state index is 13.1. The fraction of sp³-hybridized carbons (Fsp3) is 0.350. The van der Waals surface area contributed by atoms with Gasteiger partial charge in [0.15, 0.2) is 0 Å². The van der Waals surface area contributed by atoms with Gasteiger partial charge in [0.25, 0.3) is 11.5 Å². The summed E-state index contributed by atoms with van der Waals surface area (Å²) in [5.74, 6) is 0.0364. The topological polar surface area (TPSA) is 55.2 Å². The van der Waals surface area contributed by atoms with Gasteiger partial charge in [0.05, 0.1) is 17.1 Å². The SMILES string of the molecule is CCn1c(=O)c(C)nc2cc(C(=O)N3CCCC3c3ccsc3)ccc21. The van der Waals surface area contributed by atoms with Gasteiger partial charge in [0, 0.05) is 18.7 Å². The van der Waals surface area contributed by atoms with Crippen LogP contribution < -0.4 is 5.56 Å². The molecule has 4 rings (SSSR count). The van der Waals surface area contributed by atoms with E-state index in [0.29, 0.717) is 23.3 Å². The molecule has 1 saturated heterocycles. The minimum absolute atomic E-state index is 0.0364. The third kappa shape index (κ3) is 2.74. The lowest BCUT2D eigenvalue weighted by atomic mass is 10.1. The molecule has 3 heterocycles. The van der Waals surface area contributed by atoms with Crippen LogP contribution in [-0.2, 0) is 6.54 Å². The standard InChI is InChI=1S/C20H21N3O2S/c1-3-22-18-7-6-14(11-16(18)21-13(2)19(22)24)20(25)23-9-4-5-17(23)15-8-10-26-12-15/h6-8,10-12,17H,3-5,9H2,1-2H3. The van der Waals surface area contributed by atoms with Crippen molar-refractivity contribution in [2.75, 3.05) is 6.54 Å². The molecule has 0 spiro atoms. The molecule has 6 heteroatoms. The van der Waals surface area contributed by atoms with Crippen molar-refractivity contribution in [2.24, 2.45) is 0 Å². The fourth-order valence-electron chi connectivity index (χ4n) is 3.81. The average molecular weight is 367 g/mol. The quantitative estimate of drug-likeness (QED) is 0.708. The van der Waals surface area contributed by atoms with Gasteiger partial charge in [-0.2, -0.15) is 11.3 Å². The van der Waals surface area contributed by atoms with Crippen molar-refractivity contribution >= 4 is 28.3 Å². The van der Waals surface area contributed by atoms with E-state index < -0.39 is 0 Å². The van der Waals surface area contributed by atoms with Gasteiger partial charge in [-0.3, -0.25) is 9.59 Å². The van der Waals surface area contributed by atoms with E-state index >= 15 is 0 Å². The number of aromatic nitrogens is 2. The number of carbonyl (C=O) groups is 1. The Labute approximate surface area is 155 Å². The Kier molecular flexibility index (Phi) is 4.36. The first-order valence-electron chi connectivity index (χ1n) is 8.94. The van der Waals surface area contributed by atoms with Crippen molar-refractivity contribution in [1.82, 2.24) is 14.5 Å². The number of thiophene rings is 1. The summed E-state index contributed by atoms with van der Waals surface area (Å²) in [6.07, 6.45) is 2.02. The van der Waals surface area contributed by atoms with Crippen molar-refractivity contribution in [3.05, 3.63) is 62.2 Å². The Hall–Kier alpha value is -2.47. The summed E-state index contributed by atoms with van der Waals surface area (Å²) in [7, 11) is 0. The highest BCUT2D eigenvalue weighted by molar-refractivity contribution is 7.08. The highest BCUT2D eigenvalue weighted by Gasteiger charge is 2.31. The van der Waals surface area contributed by atoms with Crippen molar-refractivity contribution in [2.45, 2.75) is 39.3 Å². The number of benzene rings is 1. The number of fused-ring (bicyclic) bond motifs is 1. The average Bonchev–Trinajstić information content (AvgIpc) is 3.33. The first-order valence-corrected chi connectivity index (χ1v) is 9.88. The predicted octanol–water partition coefficient (Wildman–Crippen LogP) is 3.76. The summed E-state index contributed by atoms with van der Waals surface area (Å²) in [5.41, 5.74) is 3.71. The van der Waals surface area contributed by atoms with Gasteiger partial charge in [0.2, 0.25) is 0 Å². The third-order valence-corrected chi connectivity index (χ3v) is 5.82. The zero-order chi connectivity index (χ0) is 18.3. The maximum absolute atomic E-state index is 13.1. The predicted molar refractivity (Wildman–Crippen MR) is 104 cm³/mol. The molecule has 1 amide bonds. The van der Waals surface area contributed by atoms with E-state index in [4.69, 9.17) is 0 Å². The number of carbonyl (C=O) groups excluding carboxylic acids is 1. The zero-order valence-corrected chi connectivity index (χ0v) is 15.8. The summed E-state index contributed by atoms with van der Waals surface area (Å²) < 4.78 is 1.70. The Morgan fingerprint density at radius 2 is 2.19 bits per heavy atom. The molecule has 3 aromatic rings. The van der Waals surface area contributed by atoms with E-state index in [9.17, 15) is 9.59 Å². The summed E-state index contributed by atoms with van der Waals surface area (Å²) in [6, 6.07) is 7.74. The van der Waals surface area contributed by atoms with E-state index in [1.165, 1.54) is 5.56 Å². The molecule has 0 saturated carbocycles. The van der Waals surface area contributed by atoms with Crippen molar-refractivity contribution in [3.8, 4) is 0 Å². The van der Waals surface area contributed by atoms with Crippen LogP contribution in [0.25, 0.3) is 11.0 Å². The minimum atomic E-state index is -0.0730. The summed E-state index contributed by atoms with van der Waals surface area (Å²) in [6.45, 7) is 5.02. The summed E-state index contributed by atoms with van der Waals surface area (Å²) in [4.78, 5) is 31.8. The zero-order valence-electron chi connectivity index (χ0n) is 14.9. The molecule has 1 unspecified atom stereocenters. The lowest BCUT2D eigenvalue weighted by Gasteiger charge is -2.24. The van der Waals surface area contributed by atoms with E-state index in [0.717, 1.165) is 24.9 Å². The second kappa shape index (κ2) is 6.68. The largest absolute Gasteiger partial charge is 0.332 e. The van der Waals surface area contributed by atoms with Crippen LogP contribution in [0.1, 0.15) is 47.4 Å². The van der Waals surface area contributed by atoms with Gasteiger partial charge in [-0.15, -0.1) is 0 Å². The van der Waals surface area contributed by atoms with Crippen LogP contribution in [0.5, 0.6) is 0 Å². The molecular weight excluding hydrogens is 346 g/mol. The summed E-state index contributed by atoms with van der Waals surface area (Å²) >= 11 is 1.66. The van der Waals surface area contributed by atoms with Crippen LogP contribution >= 0.6 is 11.3 Å². The molecule has 0 bridgehead atoms. The molecule has 1 atom stereocenters. The Bertz CT molecular complexity index is 1020. The molecule has 1 fully saturated rings. The number of amides is 1. The Morgan fingerprint density at radius 1 is 1.35 bits per heavy atom. The molecule has 134 valence electrons. The molecule has 26 heavy (non-hydrogen) atoms. The third-order valence-electron chi connectivity index (χ3n) is 5.11. The van der Waals surface area contributed by atoms with E-state index in [2.05, 4.69) is 21.8 Å².